The van der Waals surface area contributed by atoms with Crippen LogP contribution in [0.15, 0.2) is 41.4 Å². The molecule has 2 aliphatic rings. The summed E-state index contributed by atoms with van der Waals surface area (Å²) in [5.74, 6) is 2.10. The zero-order chi connectivity index (χ0) is 22.8. The first-order valence-electron chi connectivity index (χ1n) is 10.6. The minimum atomic E-state index is -0.523. The second-order valence-corrected chi connectivity index (χ2v) is 8.01. The molecule has 4 rings (SSSR count). The van der Waals surface area contributed by atoms with Gasteiger partial charge in [0.05, 0.1) is 19.8 Å². The lowest BCUT2D eigenvalue weighted by Crippen LogP contribution is -2.55. The van der Waals surface area contributed by atoms with Crippen molar-refractivity contribution in [3.8, 4) is 17.2 Å². The van der Waals surface area contributed by atoms with Crippen LogP contribution in [0.1, 0.15) is 24.5 Å². The molecule has 2 aromatic carbocycles. The van der Waals surface area contributed by atoms with Gasteiger partial charge >= 0.3 is 5.97 Å². The van der Waals surface area contributed by atoms with E-state index in [4.69, 9.17) is 14.5 Å². The molecule has 0 saturated carbocycles. The number of esters is 1. The Morgan fingerprint density at radius 1 is 1.12 bits per heavy atom. The van der Waals surface area contributed by atoms with Crippen LogP contribution in [0.3, 0.4) is 0 Å². The van der Waals surface area contributed by atoms with Gasteiger partial charge in [0.2, 0.25) is 5.91 Å². The maximum atomic E-state index is 12.5. The molecule has 1 saturated heterocycles. The van der Waals surface area contributed by atoms with Gasteiger partial charge in [-0.05, 0) is 43.7 Å². The van der Waals surface area contributed by atoms with Crippen LogP contribution in [0, 0.1) is 6.92 Å². The summed E-state index contributed by atoms with van der Waals surface area (Å²) in [6, 6.07) is 11.5. The van der Waals surface area contributed by atoms with Crippen LogP contribution < -0.4 is 9.47 Å². The van der Waals surface area contributed by atoms with Crippen molar-refractivity contribution in [2.24, 2.45) is 4.99 Å². The Balaban J connectivity index is 1.66. The van der Waals surface area contributed by atoms with Gasteiger partial charge in [-0.25, -0.2) is 4.99 Å². The average Bonchev–Trinajstić information content (AvgIpc) is 2.94. The van der Waals surface area contributed by atoms with Crippen LogP contribution in [0.4, 0.5) is 5.69 Å². The first kappa shape index (κ1) is 21.7. The number of methoxy groups -OCH3 is 2. The van der Waals surface area contributed by atoms with Crippen LogP contribution >= 0.6 is 0 Å². The third kappa shape index (κ3) is 4.26. The van der Waals surface area contributed by atoms with Crippen molar-refractivity contribution in [2.75, 3.05) is 33.9 Å². The van der Waals surface area contributed by atoms with Crippen molar-refractivity contribution < 1.29 is 23.8 Å². The van der Waals surface area contributed by atoms with E-state index in [1.165, 1.54) is 7.11 Å². The number of rotatable bonds is 3. The number of benzene rings is 2. The van der Waals surface area contributed by atoms with Gasteiger partial charge in [-0.1, -0.05) is 6.07 Å². The van der Waals surface area contributed by atoms with Crippen molar-refractivity contribution in [1.82, 2.24) is 9.80 Å². The highest BCUT2D eigenvalue weighted by Gasteiger charge is 2.32. The fraction of sp³-hybridized carbons (Fsp3) is 0.375. The maximum Gasteiger partial charge on any atom is 0.315 e. The number of hydrogen-bond acceptors (Lipinski definition) is 7. The lowest BCUT2D eigenvalue weighted by Gasteiger charge is -2.41. The Morgan fingerprint density at radius 2 is 1.94 bits per heavy atom. The van der Waals surface area contributed by atoms with Crippen molar-refractivity contribution in [3.05, 3.63) is 47.5 Å². The number of fused-ring (bicyclic) bond motifs is 2. The summed E-state index contributed by atoms with van der Waals surface area (Å²) >= 11 is 0. The first-order chi connectivity index (χ1) is 15.4. The molecule has 2 aliphatic heterocycles. The molecule has 0 bridgehead atoms. The molecule has 0 radical (unpaired) electrons. The van der Waals surface area contributed by atoms with Gasteiger partial charge in [0, 0.05) is 31.7 Å². The van der Waals surface area contributed by atoms with E-state index in [-0.39, 0.29) is 18.4 Å². The largest absolute Gasteiger partial charge is 0.497 e. The van der Waals surface area contributed by atoms with Crippen LogP contribution in [0.5, 0.6) is 17.2 Å². The summed E-state index contributed by atoms with van der Waals surface area (Å²) in [5, 5.41) is 0. The number of nitrogens with zero attached hydrogens (tertiary/aromatic N) is 3. The molecule has 0 aromatic heterocycles. The molecular weight excluding hydrogens is 410 g/mol. The third-order valence-electron chi connectivity index (χ3n) is 5.76. The second kappa shape index (κ2) is 8.90. The summed E-state index contributed by atoms with van der Waals surface area (Å²) in [6.07, 6.45) is -0.245. The number of hydrogen-bond donors (Lipinski definition) is 0. The summed E-state index contributed by atoms with van der Waals surface area (Å²) in [5.41, 5.74) is 2.69. The lowest BCUT2D eigenvalue weighted by atomic mass is 10.1. The fourth-order valence-corrected chi connectivity index (χ4v) is 4.05. The normalized spacial score (nSPS) is 17.4. The molecule has 0 aliphatic carbocycles. The van der Waals surface area contributed by atoms with Gasteiger partial charge in [0.1, 0.15) is 29.4 Å². The van der Waals surface area contributed by atoms with Crippen LogP contribution in [-0.2, 0) is 14.3 Å². The first-order valence-corrected chi connectivity index (χ1v) is 10.6. The van der Waals surface area contributed by atoms with Gasteiger partial charge in [0.15, 0.2) is 5.75 Å². The van der Waals surface area contributed by atoms with Crippen LogP contribution in [0.2, 0.25) is 0 Å². The lowest BCUT2D eigenvalue weighted by molar-refractivity contribution is -0.148. The highest BCUT2D eigenvalue weighted by Crippen LogP contribution is 2.40. The van der Waals surface area contributed by atoms with Gasteiger partial charge in [-0.3, -0.25) is 9.59 Å². The van der Waals surface area contributed by atoms with E-state index >= 15 is 0 Å². The molecule has 32 heavy (non-hydrogen) atoms. The third-order valence-corrected chi connectivity index (χ3v) is 5.76. The molecule has 2 aromatic rings. The average molecular weight is 437 g/mol. The number of carbonyl (C=O) groups excluding carboxylic acids is 2. The van der Waals surface area contributed by atoms with Crippen molar-refractivity contribution in [2.45, 2.75) is 26.3 Å². The van der Waals surface area contributed by atoms with Crippen molar-refractivity contribution in [1.29, 1.82) is 0 Å². The number of aryl methyl sites for hydroxylation is 1. The van der Waals surface area contributed by atoms with E-state index in [0.29, 0.717) is 36.9 Å². The van der Waals surface area contributed by atoms with E-state index in [1.54, 1.807) is 12.0 Å². The predicted molar refractivity (Wildman–Crippen MR) is 120 cm³/mol. The smallest absolute Gasteiger partial charge is 0.315 e. The molecule has 2 heterocycles. The van der Waals surface area contributed by atoms with E-state index in [1.807, 2.05) is 50.2 Å². The summed E-state index contributed by atoms with van der Waals surface area (Å²) in [7, 11) is 2.91. The Kier molecular flexibility index (Phi) is 6.03. The summed E-state index contributed by atoms with van der Waals surface area (Å²) in [6.45, 7) is 5.64. The monoisotopic (exact) mass is 437 g/mol. The highest BCUT2D eigenvalue weighted by atomic mass is 16.5. The van der Waals surface area contributed by atoms with E-state index in [0.717, 1.165) is 22.6 Å². The van der Waals surface area contributed by atoms with Crippen molar-refractivity contribution in [3.63, 3.8) is 0 Å². The Morgan fingerprint density at radius 3 is 2.66 bits per heavy atom. The topological polar surface area (TPSA) is 80.7 Å². The van der Waals surface area contributed by atoms with Gasteiger partial charge in [0.25, 0.3) is 0 Å². The minimum absolute atomic E-state index is 0.0908. The maximum absolute atomic E-state index is 12.5. The van der Waals surface area contributed by atoms with Crippen molar-refractivity contribution >= 4 is 23.4 Å². The zero-order valence-electron chi connectivity index (χ0n) is 18.8. The molecular formula is C24H27N3O5. The number of amides is 1. The molecule has 1 fully saturated rings. The van der Waals surface area contributed by atoms with Gasteiger partial charge in [-0.15, -0.1) is 0 Å². The fourth-order valence-electron chi connectivity index (χ4n) is 4.05. The number of ether oxygens (including phenoxy) is 3. The molecule has 8 nitrogen and oxygen atoms in total. The van der Waals surface area contributed by atoms with Gasteiger partial charge < -0.3 is 24.0 Å². The van der Waals surface area contributed by atoms with Gasteiger partial charge in [-0.2, -0.15) is 0 Å². The second-order valence-electron chi connectivity index (χ2n) is 8.01. The summed E-state index contributed by atoms with van der Waals surface area (Å²) < 4.78 is 16.3. The molecule has 168 valence electrons. The standard InChI is InChI=1S/C24H27N3O5/c1-15-5-8-19-21(11-15)32-20-12-17(30-3)6-7-18(20)24(25-19)26-9-10-27(16(2)14-26)22(28)13-23(29)31-4/h5-8,11-12,16H,9-10,13-14H2,1-4H3. The summed E-state index contributed by atoms with van der Waals surface area (Å²) in [4.78, 5) is 32.9. The SMILES string of the molecule is COC(=O)CC(=O)N1CCN(C2=Nc3ccc(C)cc3Oc3cc(OC)ccc32)CC1C. The molecule has 0 N–H and O–H groups in total. The number of carbonyl (C=O) groups is 2. The molecule has 0 spiro atoms. The van der Waals surface area contributed by atoms with Crippen LogP contribution in [-0.4, -0.2) is 67.4 Å². The van der Waals surface area contributed by atoms with E-state index in [9.17, 15) is 9.59 Å². The number of piperazine rings is 1. The molecule has 8 heteroatoms. The molecule has 1 atom stereocenters. The van der Waals surface area contributed by atoms with E-state index < -0.39 is 5.97 Å². The number of aliphatic imine (C=N–C) groups is 1. The minimum Gasteiger partial charge on any atom is -0.497 e. The Labute approximate surface area is 187 Å². The quantitative estimate of drug-likeness (QED) is 0.542. The number of amidine groups is 1. The predicted octanol–water partition coefficient (Wildman–Crippen LogP) is 3.28. The highest BCUT2D eigenvalue weighted by molar-refractivity contribution is 6.04. The molecule has 1 unspecified atom stereocenters. The zero-order valence-corrected chi connectivity index (χ0v) is 18.8. The van der Waals surface area contributed by atoms with Crippen LogP contribution in [0.25, 0.3) is 0 Å². The Hall–Kier alpha value is -3.55. The molecule has 1 amide bonds. The Bertz CT molecular complexity index is 1080. The van der Waals surface area contributed by atoms with E-state index in [2.05, 4.69) is 9.64 Å².